The Kier molecular flexibility index (Phi) is 3.67. The van der Waals surface area contributed by atoms with Gasteiger partial charge in [0.1, 0.15) is 12.1 Å². The standard InChI is InChI=1S/C8H12BrN3O3/c1-8(2,3)14-7(13)10-4-5-11-6(9)12-15-5/h4H2,1-3H3,(H,10,13). The van der Waals surface area contributed by atoms with Gasteiger partial charge in [0.25, 0.3) is 0 Å². The van der Waals surface area contributed by atoms with Gasteiger partial charge in [-0.15, -0.1) is 0 Å². The molecule has 0 bridgehead atoms. The van der Waals surface area contributed by atoms with Crippen LogP contribution in [0.25, 0.3) is 0 Å². The van der Waals surface area contributed by atoms with E-state index in [1.165, 1.54) is 0 Å². The third-order valence-electron chi connectivity index (χ3n) is 1.23. The molecule has 0 atom stereocenters. The van der Waals surface area contributed by atoms with Crippen molar-refractivity contribution in [3.8, 4) is 0 Å². The zero-order chi connectivity index (χ0) is 11.5. The molecule has 1 aromatic rings. The highest BCUT2D eigenvalue weighted by molar-refractivity contribution is 9.10. The summed E-state index contributed by atoms with van der Waals surface area (Å²) in [6.07, 6.45) is -0.517. The van der Waals surface area contributed by atoms with Crippen molar-refractivity contribution >= 4 is 22.0 Å². The molecule has 0 unspecified atom stereocenters. The number of hydrogen-bond donors (Lipinski definition) is 1. The second-order valence-electron chi connectivity index (χ2n) is 3.81. The third-order valence-corrected chi connectivity index (χ3v) is 1.55. The number of rotatable bonds is 2. The Bertz CT molecular complexity index is 345. The van der Waals surface area contributed by atoms with Gasteiger partial charge in [0.2, 0.25) is 10.6 Å². The van der Waals surface area contributed by atoms with Crippen molar-refractivity contribution in [2.45, 2.75) is 32.9 Å². The molecule has 0 spiro atoms. The summed E-state index contributed by atoms with van der Waals surface area (Å²) in [5.74, 6) is 0.313. The zero-order valence-corrected chi connectivity index (χ0v) is 10.3. The Balaban J connectivity index is 2.35. The molecule has 0 aliphatic carbocycles. The first kappa shape index (κ1) is 12.0. The van der Waals surface area contributed by atoms with E-state index in [1.807, 2.05) is 0 Å². The molecule has 0 radical (unpaired) electrons. The van der Waals surface area contributed by atoms with Crippen molar-refractivity contribution in [2.24, 2.45) is 0 Å². The molecule has 0 aliphatic heterocycles. The zero-order valence-electron chi connectivity index (χ0n) is 8.70. The summed E-state index contributed by atoms with van der Waals surface area (Å²) in [5.41, 5.74) is -0.514. The highest BCUT2D eigenvalue weighted by Crippen LogP contribution is 2.07. The highest BCUT2D eigenvalue weighted by atomic mass is 79.9. The number of carbonyl (C=O) groups is 1. The molecule has 1 heterocycles. The van der Waals surface area contributed by atoms with Gasteiger partial charge in [-0.05, 0) is 41.9 Å². The van der Waals surface area contributed by atoms with Gasteiger partial charge in [-0.3, -0.25) is 0 Å². The minimum absolute atomic E-state index is 0.146. The van der Waals surface area contributed by atoms with Crippen LogP contribution in [0, 0.1) is 0 Å². The number of alkyl carbamates (subject to hydrolysis) is 1. The van der Waals surface area contributed by atoms with Crippen LogP contribution in [0.4, 0.5) is 4.79 Å². The first-order valence-corrected chi connectivity index (χ1v) is 5.11. The molecule has 1 rings (SSSR count). The van der Waals surface area contributed by atoms with E-state index >= 15 is 0 Å². The SMILES string of the molecule is CC(C)(C)OC(=O)NCc1nc(Br)no1. The summed E-state index contributed by atoms with van der Waals surface area (Å²) < 4.78 is 10.1. The number of ether oxygens (including phenoxy) is 1. The van der Waals surface area contributed by atoms with Crippen molar-refractivity contribution in [3.05, 3.63) is 10.6 Å². The summed E-state index contributed by atoms with van der Waals surface area (Å²) in [7, 11) is 0. The average Bonchev–Trinajstić information content (AvgIpc) is 2.45. The van der Waals surface area contributed by atoms with E-state index in [2.05, 4.69) is 31.4 Å². The summed E-state index contributed by atoms with van der Waals surface area (Å²) >= 11 is 3.03. The van der Waals surface area contributed by atoms with E-state index in [1.54, 1.807) is 20.8 Å². The molecule has 6 nitrogen and oxygen atoms in total. The number of halogens is 1. The lowest BCUT2D eigenvalue weighted by atomic mass is 10.2. The van der Waals surface area contributed by atoms with Gasteiger partial charge in [-0.1, -0.05) is 0 Å². The number of aromatic nitrogens is 2. The highest BCUT2D eigenvalue weighted by Gasteiger charge is 2.16. The van der Waals surface area contributed by atoms with E-state index < -0.39 is 11.7 Å². The van der Waals surface area contributed by atoms with Crippen LogP contribution in [0.1, 0.15) is 26.7 Å². The molecular weight excluding hydrogens is 266 g/mol. The van der Waals surface area contributed by atoms with Crippen LogP contribution in [-0.2, 0) is 11.3 Å². The maximum atomic E-state index is 11.2. The van der Waals surface area contributed by atoms with E-state index in [-0.39, 0.29) is 6.54 Å². The van der Waals surface area contributed by atoms with Crippen LogP contribution >= 0.6 is 15.9 Å². The minimum Gasteiger partial charge on any atom is -0.444 e. The second kappa shape index (κ2) is 4.61. The fraction of sp³-hybridized carbons (Fsp3) is 0.625. The van der Waals surface area contributed by atoms with E-state index in [0.717, 1.165) is 0 Å². The van der Waals surface area contributed by atoms with Crippen LogP contribution in [0.15, 0.2) is 9.26 Å². The largest absolute Gasteiger partial charge is 0.444 e. The smallest absolute Gasteiger partial charge is 0.408 e. The summed E-state index contributed by atoms with van der Waals surface area (Å²) in [5, 5.41) is 6.00. The molecule has 7 heteroatoms. The summed E-state index contributed by atoms with van der Waals surface area (Å²) in [6, 6.07) is 0. The summed E-state index contributed by atoms with van der Waals surface area (Å²) in [6.45, 7) is 5.51. The fourth-order valence-electron chi connectivity index (χ4n) is 0.768. The second-order valence-corrected chi connectivity index (χ2v) is 4.52. The van der Waals surface area contributed by atoms with Crippen molar-refractivity contribution in [3.63, 3.8) is 0 Å². The number of nitrogens with one attached hydrogen (secondary N) is 1. The van der Waals surface area contributed by atoms with E-state index in [0.29, 0.717) is 10.6 Å². The van der Waals surface area contributed by atoms with Crippen molar-refractivity contribution < 1.29 is 14.1 Å². The molecule has 0 saturated heterocycles. The fourth-order valence-corrected chi connectivity index (χ4v) is 1.04. The lowest BCUT2D eigenvalue weighted by molar-refractivity contribution is 0.0518. The lowest BCUT2D eigenvalue weighted by Gasteiger charge is -2.19. The molecule has 1 N–H and O–H groups in total. The van der Waals surface area contributed by atoms with Crippen LogP contribution in [0.5, 0.6) is 0 Å². The van der Waals surface area contributed by atoms with Gasteiger partial charge >= 0.3 is 6.09 Å². The van der Waals surface area contributed by atoms with Gasteiger partial charge in [-0.2, -0.15) is 4.98 Å². The Morgan fingerprint density at radius 3 is 2.73 bits per heavy atom. The number of amides is 1. The quantitative estimate of drug-likeness (QED) is 0.893. The number of hydrogen-bond acceptors (Lipinski definition) is 5. The lowest BCUT2D eigenvalue weighted by Crippen LogP contribution is -2.32. The van der Waals surface area contributed by atoms with Gasteiger partial charge in [-0.25, -0.2) is 4.79 Å². The topological polar surface area (TPSA) is 77.2 Å². The monoisotopic (exact) mass is 277 g/mol. The Morgan fingerprint density at radius 1 is 1.60 bits per heavy atom. The number of carbonyl (C=O) groups excluding carboxylic acids is 1. The Morgan fingerprint density at radius 2 is 2.27 bits per heavy atom. The van der Waals surface area contributed by atoms with Crippen LogP contribution in [0.3, 0.4) is 0 Å². The van der Waals surface area contributed by atoms with Crippen LogP contribution in [0.2, 0.25) is 0 Å². The molecular formula is C8H12BrN3O3. The molecule has 0 saturated carbocycles. The number of nitrogens with zero attached hydrogens (tertiary/aromatic N) is 2. The van der Waals surface area contributed by atoms with Crippen molar-refractivity contribution in [1.29, 1.82) is 0 Å². The van der Waals surface area contributed by atoms with Crippen LogP contribution in [-0.4, -0.2) is 21.8 Å². The maximum absolute atomic E-state index is 11.2. The normalized spacial score (nSPS) is 11.2. The minimum atomic E-state index is -0.517. The van der Waals surface area contributed by atoms with E-state index in [4.69, 9.17) is 9.26 Å². The predicted octanol–water partition coefficient (Wildman–Crippen LogP) is 1.86. The Hall–Kier alpha value is -1.11. The first-order valence-electron chi connectivity index (χ1n) is 4.32. The molecule has 0 aromatic carbocycles. The molecule has 84 valence electrons. The van der Waals surface area contributed by atoms with Crippen LogP contribution < -0.4 is 5.32 Å². The summed E-state index contributed by atoms with van der Waals surface area (Å²) in [4.78, 5) is 15.1. The first-order chi connectivity index (χ1) is 6.87. The average molecular weight is 278 g/mol. The van der Waals surface area contributed by atoms with E-state index in [9.17, 15) is 4.79 Å². The molecule has 0 aliphatic rings. The van der Waals surface area contributed by atoms with Crippen molar-refractivity contribution in [2.75, 3.05) is 0 Å². The van der Waals surface area contributed by atoms with Crippen molar-refractivity contribution in [1.82, 2.24) is 15.5 Å². The van der Waals surface area contributed by atoms with Gasteiger partial charge in [0.15, 0.2) is 0 Å². The van der Waals surface area contributed by atoms with Gasteiger partial charge in [0.05, 0.1) is 0 Å². The molecule has 0 fully saturated rings. The third kappa shape index (κ3) is 4.78. The Labute approximate surface area is 95.5 Å². The van der Waals surface area contributed by atoms with Gasteiger partial charge < -0.3 is 14.6 Å². The molecule has 15 heavy (non-hydrogen) atoms. The molecule has 1 aromatic heterocycles. The molecule has 1 amide bonds. The maximum Gasteiger partial charge on any atom is 0.408 e. The van der Waals surface area contributed by atoms with Gasteiger partial charge in [0, 0.05) is 0 Å². The predicted molar refractivity (Wildman–Crippen MR) is 55.1 cm³/mol.